The number of hydrogen-bond donors (Lipinski definition) is 1. The second-order valence-corrected chi connectivity index (χ2v) is 4.16. The van der Waals surface area contributed by atoms with Gasteiger partial charge in [-0.1, -0.05) is 0 Å². The molecule has 0 spiro atoms. The molecule has 0 fully saturated rings. The largest absolute Gasteiger partial charge is 0.493 e. The van der Waals surface area contributed by atoms with Gasteiger partial charge in [-0.2, -0.15) is 0 Å². The molecule has 0 unspecified atom stereocenters. The monoisotopic (exact) mass is 275 g/mol. The van der Waals surface area contributed by atoms with Gasteiger partial charge in [-0.05, 0) is 13.0 Å². The number of hydrogen-bond acceptors (Lipinski definition) is 5. The van der Waals surface area contributed by atoms with Crippen LogP contribution in [-0.2, 0) is 6.54 Å². The standard InChI is InChI=1S/C14H17N3O3/c1-4-17-6-5-16-14(17)13(18)9-7-11(19-2)12(20-3)8-10(9)15/h5-8H,4,15H2,1-3H3. The highest BCUT2D eigenvalue weighted by Gasteiger charge is 2.20. The molecule has 20 heavy (non-hydrogen) atoms. The number of nitrogen functional groups attached to an aromatic ring is 1. The Hall–Kier alpha value is -2.50. The lowest BCUT2D eigenvalue weighted by Crippen LogP contribution is -2.13. The minimum absolute atomic E-state index is 0.240. The number of nitrogens with two attached hydrogens (primary N) is 1. The van der Waals surface area contributed by atoms with Crippen molar-refractivity contribution in [3.8, 4) is 11.5 Å². The number of anilines is 1. The van der Waals surface area contributed by atoms with E-state index in [0.717, 1.165) is 0 Å². The Balaban J connectivity index is 2.50. The van der Waals surface area contributed by atoms with Gasteiger partial charge in [0.05, 0.1) is 19.8 Å². The van der Waals surface area contributed by atoms with E-state index in [2.05, 4.69) is 4.98 Å². The number of nitrogens with zero attached hydrogens (tertiary/aromatic N) is 2. The lowest BCUT2D eigenvalue weighted by atomic mass is 10.1. The van der Waals surface area contributed by atoms with Crippen molar-refractivity contribution < 1.29 is 14.3 Å². The van der Waals surface area contributed by atoms with Crippen LogP contribution in [0.25, 0.3) is 0 Å². The van der Waals surface area contributed by atoms with Crippen molar-refractivity contribution >= 4 is 11.5 Å². The van der Waals surface area contributed by atoms with E-state index in [-0.39, 0.29) is 5.78 Å². The number of carbonyl (C=O) groups excluding carboxylic acids is 1. The highest BCUT2D eigenvalue weighted by Crippen LogP contribution is 2.32. The first-order valence-corrected chi connectivity index (χ1v) is 6.19. The molecule has 0 saturated heterocycles. The summed E-state index contributed by atoms with van der Waals surface area (Å²) in [5, 5.41) is 0. The van der Waals surface area contributed by atoms with Gasteiger partial charge in [-0.25, -0.2) is 4.98 Å². The van der Waals surface area contributed by atoms with E-state index in [9.17, 15) is 4.79 Å². The van der Waals surface area contributed by atoms with Crippen LogP contribution in [0.1, 0.15) is 23.1 Å². The lowest BCUT2D eigenvalue weighted by Gasteiger charge is -2.12. The molecule has 106 valence electrons. The third-order valence-corrected chi connectivity index (χ3v) is 3.06. The molecule has 6 nitrogen and oxygen atoms in total. The van der Waals surface area contributed by atoms with Crippen molar-refractivity contribution in [3.63, 3.8) is 0 Å². The summed E-state index contributed by atoms with van der Waals surface area (Å²) < 4.78 is 12.1. The lowest BCUT2D eigenvalue weighted by molar-refractivity contribution is 0.102. The molecule has 0 bridgehead atoms. The minimum Gasteiger partial charge on any atom is -0.493 e. The molecule has 0 aliphatic carbocycles. The maximum absolute atomic E-state index is 12.5. The molecule has 1 heterocycles. The zero-order valence-electron chi connectivity index (χ0n) is 11.7. The van der Waals surface area contributed by atoms with Crippen LogP contribution in [0.5, 0.6) is 11.5 Å². The van der Waals surface area contributed by atoms with Crippen LogP contribution in [0.3, 0.4) is 0 Å². The Morgan fingerprint density at radius 1 is 1.30 bits per heavy atom. The van der Waals surface area contributed by atoms with Crippen LogP contribution in [0, 0.1) is 0 Å². The van der Waals surface area contributed by atoms with Crippen LogP contribution < -0.4 is 15.2 Å². The van der Waals surface area contributed by atoms with E-state index in [1.54, 1.807) is 29.1 Å². The average Bonchev–Trinajstić information content (AvgIpc) is 2.94. The maximum Gasteiger partial charge on any atom is 0.230 e. The van der Waals surface area contributed by atoms with Gasteiger partial charge in [0.15, 0.2) is 17.3 Å². The first-order chi connectivity index (χ1) is 9.62. The third-order valence-electron chi connectivity index (χ3n) is 3.06. The summed E-state index contributed by atoms with van der Waals surface area (Å²) in [6.45, 7) is 2.60. The molecular weight excluding hydrogens is 258 g/mol. The number of imidazole rings is 1. The second-order valence-electron chi connectivity index (χ2n) is 4.16. The Bertz CT molecular complexity index is 635. The first-order valence-electron chi connectivity index (χ1n) is 6.19. The molecular formula is C14H17N3O3. The molecule has 0 atom stereocenters. The zero-order chi connectivity index (χ0) is 14.7. The number of benzene rings is 1. The number of rotatable bonds is 5. The van der Waals surface area contributed by atoms with Gasteiger partial charge in [-0.3, -0.25) is 4.79 Å². The zero-order valence-corrected chi connectivity index (χ0v) is 11.7. The summed E-state index contributed by atoms with van der Waals surface area (Å²) >= 11 is 0. The van der Waals surface area contributed by atoms with Crippen LogP contribution in [0.15, 0.2) is 24.5 Å². The van der Waals surface area contributed by atoms with Gasteiger partial charge in [0.25, 0.3) is 0 Å². The van der Waals surface area contributed by atoms with Crippen LogP contribution >= 0.6 is 0 Å². The van der Waals surface area contributed by atoms with Crippen LogP contribution in [0.4, 0.5) is 5.69 Å². The quantitative estimate of drug-likeness (QED) is 0.664. The number of ether oxygens (including phenoxy) is 2. The third kappa shape index (κ3) is 2.32. The Kier molecular flexibility index (Phi) is 3.93. The molecule has 0 aliphatic heterocycles. The van der Waals surface area contributed by atoms with Gasteiger partial charge in [0.1, 0.15) is 0 Å². The topological polar surface area (TPSA) is 79.4 Å². The molecule has 2 N–H and O–H groups in total. The van der Waals surface area contributed by atoms with Crippen molar-refractivity contribution in [2.45, 2.75) is 13.5 Å². The molecule has 2 aromatic rings. The van der Waals surface area contributed by atoms with Crippen molar-refractivity contribution in [2.75, 3.05) is 20.0 Å². The summed E-state index contributed by atoms with van der Waals surface area (Å²) in [7, 11) is 3.03. The van der Waals surface area contributed by atoms with E-state index in [1.807, 2.05) is 6.92 Å². The second kappa shape index (κ2) is 5.64. The number of carbonyl (C=O) groups is 1. The number of aromatic nitrogens is 2. The van der Waals surface area contributed by atoms with E-state index in [0.29, 0.717) is 35.1 Å². The summed E-state index contributed by atoms with van der Waals surface area (Å²) in [4.78, 5) is 16.6. The Labute approximate surface area is 117 Å². The van der Waals surface area contributed by atoms with E-state index in [1.165, 1.54) is 14.2 Å². The SMILES string of the molecule is CCn1ccnc1C(=O)c1cc(OC)c(OC)cc1N. The minimum atomic E-state index is -0.240. The predicted molar refractivity (Wildman–Crippen MR) is 75.3 cm³/mol. The van der Waals surface area contributed by atoms with Crippen LogP contribution in [-0.4, -0.2) is 29.6 Å². The predicted octanol–water partition coefficient (Wildman–Crippen LogP) is 1.73. The molecule has 0 saturated carbocycles. The summed E-state index contributed by atoms with van der Waals surface area (Å²) in [5.74, 6) is 1.06. The fourth-order valence-electron chi connectivity index (χ4n) is 1.99. The van der Waals surface area contributed by atoms with Crippen molar-refractivity contribution in [2.24, 2.45) is 0 Å². The van der Waals surface area contributed by atoms with Gasteiger partial charge in [0.2, 0.25) is 5.78 Å². The van der Waals surface area contributed by atoms with Crippen molar-refractivity contribution in [1.29, 1.82) is 0 Å². The fraction of sp³-hybridized carbons (Fsp3) is 0.286. The van der Waals surface area contributed by atoms with Crippen molar-refractivity contribution in [1.82, 2.24) is 9.55 Å². The Morgan fingerprint density at radius 3 is 2.55 bits per heavy atom. The van der Waals surface area contributed by atoms with Gasteiger partial charge >= 0.3 is 0 Å². The first kappa shape index (κ1) is 13.9. The van der Waals surface area contributed by atoms with Crippen LogP contribution in [0.2, 0.25) is 0 Å². The van der Waals surface area contributed by atoms with E-state index in [4.69, 9.17) is 15.2 Å². The van der Waals surface area contributed by atoms with Crippen molar-refractivity contribution in [3.05, 3.63) is 35.9 Å². The van der Waals surface area contributed by atoms with Gasteiger partial charge in [-0.15, -0.1) is 0 Å². The highest BCUT2D eigenvalue weighted by molar-refractivity contribution is 6.10. The summed E-state index contributed by atoms with van der Waals surface area (Å²) in [6, 6.07) is 3.15. The Morgan fingerprint density at radius 2 is 1.95 bits per heavy atom. The smallest absolute Gasteiger partial charge is 0.230 e. The molecule has 0 radical (unpaired) electrons. The highest BCUT2D eigenvalue weighted by atomic mass is 16.5. The number of aryl methyl sites for hydroxylation is 1. The van der Waals surface area contributed by atoms with Gasteiger partial charge < -0.3 is 19.8 Å². The molecule has 1 aromatic heterocycles. The maximum atomic E-state index is 12.5. The molecule has 0 amide bonds. The summed E-state index contributed by atoms with van der Waals surface area (Å²) in [5.41, 5.74) is 6.61. The van der Waals surface area contributed by atoms with Gasteiger partial charge in [0, 0.05) is 30.7 Å². The molecule has 2 rings (SSSR count). The molecule has 1 aromatic carbocycles. The molecule has 6 heteroatoms. The molecule has 0 aliphatic rings. The average molecular weight is 275 g/mol. The fourth-order valence-corrected chi connectivity index (χ4v) is 1.99. The van der Waals surface area contributed by atoms with E-state index >= 15 is 0 Å². The number of methoxy groups -OCH3 is 2. The number of ketones is 1. The van der Waals surface area contributed by atoms with E-state index < -0.39 is 0 Å². The summed E-state index contributed by atoms with van der Waals surface area (Å²) in [6.07, 6.45) is 3.35. The normalized spacial score (nSPS) is 10.3.